The molecule has 1 aromatic carbocycles. The van der Waals surface area contributed by atoms with Crippen molar-refractivity contribution in [3.8, 4) is 5.75 Å². The number of halogens is 1. The van der Waals surface area contributed by atoms with E-state index in [9.17, 15) is 24.3 Å². The highest BCUT2D eigenvalue weighted by molar-refractivity contribution is 8.76. The molecule has 2 saturated heterocycles. The zero-order valence-electron chi connectivity index (χ0n) is 31.1. The number of epoxide rings is 1. The lowest BCUT2D eigenvalue weighted by atomic mass is 9.83. The average molecular weight is 784 g/mol. The minimum atomic E-state index is -1.82. The maximum atomic E-state index is 14.1. The van der Waals surface area contributed by atoms with Crippen molar-refractivity contribution in [2.75, 3.05) is 45.2 Å². The molecular weight excluding hydrogens is 734 g/mol. The molecule has 52 heavy (non-hydrogen) atoms. The second-order valence-corrected chi connectivity index (χ2v) is 16.7. The summed E-state index contributed by atoms with van der Waals surface area (Å²) in [7, 11) is 9.14. The van der Waals surface area contributed by atoms with Crippen LogP contribution in [0, 0.1) is 5.92 Å². The Balaban J connectivity index is 1.74. The van der Waals surface area contributed by atoms with Crippen molar-refractivity contribution in [2.45, 2.75) is 95.2 Å². The first-order chi connectivity index (χ1) is 24.5. The number of benzene rings is 1. The van der Waals surface area contributed by atoms with Crippen LogP contribution in [0.3, 0.4) is 0 Å². The van der Waals surface area contributed by atoms with E-state index in [4.69, 9.17) is 35.3 Å². The van der Waals surface area contributed by atoms with Crippen LogP contribution in [0.15, 0.2) is 35.9 Å². The Hall–Kier alpha value is -2.95. The quantitative estimate of drug-likeness (QED) is 0.151. The zero-order chi connectivity index (χ0) is 38.5. The van der Waals surface area contributed by atoms with Gasteiger partial charge in [-0.1, -0.05) is 63.9 Å². The first-order valence-corrected chi connectivity index (χ1v) is 20.1. The number of hydrogen-bond acceptors (Lipinski definition) is 12. The van der Waals surface area contributed by atoms with Crippen LogP contribution < -0.4 is 15.0 Å². The summed E-state index contributed by atoms with van der Waals surface area (Å²) in [6.07, 6.45) is 3.17. The number of allylic oxidation sites excluding steroid dienone is 3. The Bertz CT molecular complexity index is 1580. The van der Waals surface area contributed by atoms with E-state index in [1.165, 1.54) is 31.1 Å². The maximum absolute atomic E-state index is 14.1. The summed E-state index contributed by atoms with van der Waals surface area (Å²) < 4.78 is 29.2. The number of carbonyl (C=O) groups excluding carboxylic acids is 4. The van der Waals surface area contributed by atoms with Crippen molar-refractivity contribution in [1.82, 2.24) is 10.2 Å². The first kappa shape index (κ1) is 41.8. The molecule has 4 bridgehead atoms. The van der Waals surface area contributed by atoms with Crippen LogP contribution in [0.1, 0.15) is 52.5 Å². The van der Waals surface area contributed by atoms with E-state index in [0.717, 1.165) is 11.1 Å². The Morgan fingerprint density at radius 2 is 1.98 bits per heavy atom. The van der Waals surface area contributed by atoms with Gasteiger partial charge in [0, 0.05) is 45.7 Å². The van der Waals surface area contributed by atoms with Crippen molar-refractivity contribution in [3.05, 3.63) is 46.5 Å². The third kappa shape index (κ3) is 9.40. The number of anilines is 1. The molecule has 0 aromatic heterocycles. The smallest absolute Gasteiger partial charge is 0.409 e. The van der Waals surface area contributed by atoms with Gasteiger partial charge in [-0.25, -0.2) is 9.59 Å². The number of methoxy groups -OCH3 is 2. The van der Waals surface area contributed by atoms with Gasteiger partial charge in [-0.3, -0.25) is 14.9 Å². The predicted molar refractivity (Wildman–Crippen MR) is 202 cm³/mol. The summed E-state index contributed by atoms with van der Waals surface area (Å²) >= 11 is 6.75. The van der Waals surface area contributed by atoms with E-state index in [1.54, 1.807) is 73.7 Å². The number of esters is 1. The van der Waals surface area contributed by atoms with E-state index in [-0.39, 0.29) is 30.2 Å². The monoisotopic (exact) mass is 783 g/mol. The molecule has 3 amide bonds. The standard InChI is InChI=1S/C36H50ClN3O10S2/c1-20-11-10-12-27(47-8)36(45)19-26(48-34(44)38-36)21(2)32-35(4,50-32)28(49-33(43)22(3)39(5)29(41)13-14-52-51-9)18-30(42)40(6)24-16-23(15-20)17-25(46-7)31(24)37/h10-12,16-17,21-22,26-28,32,45H,13-15,18-19H2,1-9H3,(H,38,44)/b12-10+,20-11+/t21-,22-,26-,27+,28-,32+,35-,36-/m0/s1. The summed E-state index contributed by atoms with van der Waals surface area (Å²) in [5.74, 6) is -0.916. The molecule has 1 aromatic rings. The van der Waals surface area contributed by atoms with Gasteiger partial charge in [0.25, 0.3) is 0 Å². The van der Waals surface area contributed by atoms with Crippen molar-refractivity contribution < 1.29 is 48.0 Å². The number of aliphatic hydroxyl groups is 1. The molecule has 0 unspecified atom stereocenters. The molecule has 8 atom stereocenters. The molecule has 4 rings (SSSR count). The number of likely N-dealkylation sites (N-methyl/N-ethyl adjacent to an activating group) is 1. The topological polar surface area (TPSA) is 156 Å². The number of amides is 3. The number of nitrogens with one attached hydrogen (secondary N) is 1. The molecule has 288 valence electrons. The minimum absolute atomic E-state index is 0.0452. The molecule has 3 aliphatic heterocycles. The molecule has 0 aliphatic carbocycles. The SMILES string of the molecule is COc1cc2cc(c1Cl)N(C)C(=O)C[C@H](OC(=O)[C@H](C)N(C)C(=O)CCSSC)[C@]1(C)O[C@@H]1[C@@H](C)[C@@H]1C[C@@](O)(NC(=O)O1)[C@H](OC)/C=C/C=C(\C)C2. The Labute approximate surface area is 318 Å². The number of hydrogen-bond donors (Lipinski definition) is 2. The fourth-order valence-corrected chi connectivity index (χ4v) is 8.09. The summed E-state index contributed by atoms with van der Waals surface area (Å²) in [6, 6.07) is 2.63. The highest BCUT2D eigenvalue weighted by Crippen LogP contribution is 2.49. The van der Waals surface area contributed by atoms with E-state index in [2.05, 4.69) is 5.32 Å². The molecule has 3 aliphatic rings. The van der Waals surface area contributed by atoms with Crippen LogP contribution in [0.25, 0.3) is 0 Å². The molecule has 2 fully saturated rings. The number of rotatable bonds is 9. The lowest BCUT2D eigenvalue weighted by molar-refractivity contribution is -0.161. The van der Waals surface area contributed by atoms with Crippen molar-refractivity contribution >= 4 is 62.8 Å². The van der Waals surface area contributed by atoms with Crippen molar-refractivity contribution in [3.63, 3.8) is 0 Å². The largest absolute Gasteiger partial charge is 0.495 e. The number of ether oxygens (including phenoxy) is 5. The minimum Gasteiger partial charge on any atom is -0.495 e. The normalized spacial score (nSPS) is 31.6. The van der Waals surface area contributed by atoms with E-state index < -0.39 is 65.7 Å². The van der Waals surface area contributed by atoms with Crippen molar-refractivity contribution in [1.29, 1.82) is 0 Å². The maximum Gasteiger partial charge on any atom is 0.409 e. The molecule has 0 spiro atoms. The third-order valence-electron chi connectivity index (χ3n) is 10.0. The molecule has 2 N–H and O–H groups in total. The molecule has 13 nitrogen and oxygen atoms in total. The zero-order valence-corrected chi connectivity index (χ0v) is 33.5. The van der Waals surface area contributed by atoms with Gasteiger partial charge in [-0.15, -0.1) is 0 Å². The second-order valence-electron chi connectivity index (χ2n) is 13.6. The van der Waals surface area contributed by atoms with Crippen LogP contribution in [-0.2, 0) is 39.8 Å². The van der Waals surface area contributed by atoms with Gasteiger partial charge in [0.2, 0.25) is 11.8 Å². The van der Waals surface area contributed by atoms with Gasteiger partial charge >= 0.3 is 12.1 Å². The highest BCUT2D eigenvalue weighted by atomic mass is 35.5. The molecule has 16 heteroatoms. The van der Waals surface area contributed by atoms with Gasteiger partial charge in [0.15, 0.2) is 5.72 Å². The lowest BCUT2D eigenvalue weighted by Crippen LogP contribution is -2.63. The molecular formula is C36H50ClN3O10S2. The van der Waals surface area contributed by atoms with Crippen LogP contribution in [0.5, 0.6) is 5.75 Å². The average Bonchev–Trinajstić information content (AvgIpc) is 3.80. The van der Waals surface area contributed by atoms with Crippen LogP contribution in [0.4, 0.5) is 10.5 Å². The van der Waals surface area contributed by atoms with Crippen LogP contribution in [0.2, 0.25) is 5.02 Å². The van der Waals surface area contributed by atoms with E-state index in [1.807, 2.05) is 19.3 Å². The first-order valence-electron chi connectivity index (χ1n) is 17.0. The predicted octanol–water partition coefficient (Wildman–Crippen LogP) is 4.92. The van der Waals surface area contributed by atoms with Gasteiger partial charge in [-0.2, -0.15) is 0 Å². The number of carbonyl (C=O) groups is 4. The van der Waals surface area contributed by atoms with Gasteiger partial charge in [0.05, 0.1) is 25.3 Å². The molecule has 0 saturated carbocycles. The Kier molecular flexibility index (Phi) is 14.0. The third-order valence-corrected chi connectivity index (χ3v) is 12.2. The van der Waals surface area contributed by atoms with Crippen molar-refractivity contribution in [2.24, 2.45) is 5.92 Å². The van der Waals surface area contributed by atoms with E-state index >= 15 is 0 Å². The van der Waals surface area contributed by atoms with E-state index in [0.29, 0.717) is 23.6 Å². The number of nitrogens with zero attached hydrogens (tertiary/aromatic N) is 2. The molecule has 3 heterocycles. The fraction of sp³-hybridized carbons (Fsp3) is 0.611. The van der Waals surface area contributed by atoms with Gasteiger partial charge in [-0.05, 0) is 51.1 Å². The number of fused-ring (bicyclic) bond motifs is 5. The lowest BCUT2D eigenvalue weighted by Gasteiger charge is -2.42. The highest BCUT2D eigenvalue weighted by Gasteiger charge is 2.64. The van der Waals surface area contributed by atoms with Gasteiger partial charge < -0.3 is 38.6 Å². The number of alkyl carbamates (subject to hydrolysis) is 1. The summed E-state index contributed by atoms with van der Waals surface area (Å²) in [5.41, 5.74) is -0.884. The van der Waals surface area contributed by atoms with Crippen LogP contribution in [-0.4, -0.2) is 116 Å². The van der Waals surface area contributed by atoms with Gasteiger partial charge in [0.1, 0.15) is 40.7 Å². The Morgan fingerprint density at radius 1 is 1.27 bits per heavy atom. The summed E-state index contributed by atoms with van der Waals surface area (Å²) in [5, 5.41) is 14.5. The Morgan fingerprint density at radius 3 is 2.63 bits per heavy atom. The second kappa shape index (κ2) is 17.5. The summed E-state index contributed by atoms with van der Waals surface area (Å²) in [4.78, 5) is 56.2. The fourth-order valence-electron chi connectivity index (χ4n) is 6.61. The summed E-state index contributed by atoms with van der Waals surface area (Å²) in [6.45, 7) is 7.02. The van der Waals surface area contributed by atoms with Crippen LogP contribution >= 0.6 is 33.2 Å². The molecule has 0 radical (unpaired) electrons.